The van der Waals surface area contributed by atoms with Crippen molar-refractivity contribution in [1.82, 2.24) is 5.32 Å². The van der Waals surface area contributed by atoms with Crippen molar-refractivity contribution in [3.05, 3.63) is 23.3 Å². The Hall–Kier alpha value is -2.45. The van der Waals surface area contributed by atoms with Crippen molar-refractivity contribution in [3.63, 3.8) is 0 Å². The lowest BCUT2D eigenvalue weighted by atomic mass is 10.1. The summed E-state index contributed by atoms with van der Waals surface area (Å²) in [4.78, 5) is 12.8. The van der Waals surface area contributed by atoms with Crippen molar-refractivity contribution in [2.75, 3.05) is 11.4 Å². The number of carbonyl (C=O) groups is 1. The third-order valence-electron chi connectivity index (χ3n) is 2.80. The summed E-state index contributed by atoms with van der Waals surface area (Å²) in [7, 11) is 0. The van der Waals surface area contributed by atoms with Gasteiger partial charge < -0.3 is 15.8 Å². The van der Waals surface area contributed by atoms with Gasteiger partial charge in [0.05, 0.1) is 5.69 Å². The highest BCUT2D eigenvalue weighted by molar-refractivity contribution is 6.14. The standard InChI is InChI=1S/C13H17F3N4O2/c1-4-19-12(21)20(11(17)18)10-7(2)5-6-9(8(10)3)22-13(14,15)16/h5-6H,4H2,1-3H3,(H3,17,18)(H,19,21). The number of benzene rings is 1. The van der Waals surface area contributed by atoms with Crippen molar-refractivity contribution in [2.24, 2.45) is 5.73 Å². The Morgan fingerprint density at radius 3 is 2.45 bits per heavy atom. The largest absolute Gasteiger partial charge is 0.573 e. The molecular formula is C13H17F3N4O2. The van der Waals surface area contributed by atoms with Crippen LogP contribution in [0.2, 0.25) is 0 Å². The van der Waals surface area contributed by atoms with Crippen LogP contribution in [-0.4, -0.2) is 24.9 Å². The first-order valence-electron chi connectivity index (χ1n) is 6.36. The van der Waals surface area contributed by atoms with E-state index in [1.54, 1.807) is 13.8 Å². The molecule has 1 aromatic carbocycles. The zero-order valence-corrected chi connectivity index (χ0v) is 12.3. The molecule has 0 bridgehead atoms. The van der Waals surface area contributed by atoms with Gasteiger partial charge in [0.15, 0.2) is 0 Å². The number of hydrogen-bond acceptors (Lipinski definition) is 3. The van der Waals surface area contributed by atoms with Gasteiger partial charge in [0, 0.05) is 12.1 Å². The number of ether oxygens (including phenoxy) is 1. The van der Waals surface area contributed by atoms with E-state index < -0.39 is 24.1 Å². The fraction of sp³-hybridized carbons (Fsp3) is 0.385. The number of alkyl halides is 3. The minimum absolute atomic E-state index is 0.0544. The van der Waals surface area contributed by atoms with Crippen LogP contribution in [0.5, 0.6) is 5.75 Å². The van der Waals surface area contributed by atoms with E-state index in [1.165, 1.54) is 13.0 Å². The molecule has 2 amide bonds. The Morgan fingerprint density at radius 1 is 1.41 bits per heavy atom. The molecule has 0 unspecified atom stereocenters. The van der Waals surface area contributed by atoms with Crippen LogP contribution in [0, 0.1) is 19.3 Å². The number of amides is 2. The number of carbonyl (C=O) groups excluding carboxylic acids is 1. The van der Waals surface area contributed by atoms with E-state index in [4.69, 9.17) is 11.1 Å². The molecule has 0 aliphatic heterocycles. The Morgan fingerprint density at radius 2 is 2.00 bits per heavy atom. The Kier molecular flexibility index (Phi) is 5.23. The topological polar surface area (TPSA) is 91.4 Å². The van der Waals surface area contributed by atoms with Crippen LogP contribution in [-0.2, 0) is 0 Å². The quantitative estimate of drug-likeness (QED) is 0.591. The van der Waals surface area contributed by atoms with Crippen molar-refractivity contribution >= 4 is 17.7 Å². The molecule has 1 rings (SSSR count). The second-order valence-electron chi connectivity index (χ2n) is 4.46. The van der Waals surface area contributed by atoms with Crippen LogP contribution in [0.15, 0.2) is 12.1 Å². The Balaban J connectivity index is 3.40. The summed E-state index contributed by atoms with van der Waals surface area (Å²) in [5, 5.41) is 9.97. The van der Waals surface area contributed by atoms with Gasteiger partial charge in [0.25, 0.3) is 0 Å². The second kappa shape index (κ2) is 6.54. The molecule has 0 aromatic heterocycles. The molecule has 0 saturated heterocycles. The normalized spacial score (nSPS) is 11.0. The predicted molar refractivity (Wildman–Crippen MR) is 76.1 cm³/mol. The zero-order valence-electron chi connectivity index (χ0n) is 12.3. The number of halogens is 3. The summed E-state index contributed by atoms with van der Waals surface area (Å²) in [6, 6.07) is 1.81. The first-order chi connectivity index (χ1) is 10.1. The van der Waals surface area contributed by atoms with E-state index in [9.17, 15) is 18.0 Å². The molecule has 4 N–H and O–H groups in total. The van der Waals surface area contributed by atoms with Crippen LogP contribution in [0.3, 0.4) is 0 Å². The number of guanidine groups is 1. The van der Waals surface area contributed by atoms with Gasteiger partial charge in [0.2, 0.25) is 5.96 Å². The second-order valence-corrected chi connectivity index (χ2v) is 4.46. The van der Waals surface area contributed by atoms with Gasteiger partial charge in [0.1, 0.15) is 5.75 Å². The molecule has 1 aromatic rings. The SMILES string of the molecule is CCNC(=O)N(C(=N)N)c1c(C)ccc(OC(F)(F)F)c1C. The van der Waals surface area contributed by atoms with Crippen molar-refractivity contribution in [3.8, 4) is 5.75 Å². The Labute approximate surface area is 125 Å². The molecule has 0 spiro atoms. The summed E-state index contributed by atoms with van der Waals surface area (Å²) < 4.78 is 41.2. The van der Waals surface area contributed by atoms with Crippen molar-refractivity contribution < 1.29 is 22.7 Å². The van der Waals surface area contributed by atoms with E-state index in [1.807, 2.05) is 0 Å². The van der Waals surface area contributed by atoms with Gasteiger partial charge in [-0.3, -0.25) is 5.41 Å². The molecule has 0 aliphatic carbocycles. The number of nitrogens with zero attached hydrogens (tertiary/aromatic N) is 1. The highest BCUT2D eigenvalue weighted by atomic mass is 19.4. The lowest BCUT2D eigenvalue weighted by Gasteiger charge is -2.25. The first kappa shape index (κ1) is 17.6. The smallest absolute Gasteiger partial charge is 0.405 e. The molecule has 9 heteroatoms. The summed E-state index contributed by atoms with van der Waals surface area (Å²) in [6.07, 6.45) is -4.86. The maximum atomic E-state index is 12.4. The van der Waals surface area contributed by atoms with Crippen LogP contribution in [0.1, 0.15) is 18.1 Å². The van der Waals surface area contributed by atoms with Crippen LogP contribution < -0.4 is 20.7 Å². The van der Waals surface area contributed by atoms with E-state index in [-0.39, 0.29) is 17.8 Å². The van der Waals surface area contributed by atoms with Gasteiger partial charge in [-0.05, 0) is 32.4 Å². The maximum absolute atomic E-state index is 12.4. The number of rotatable bonds is 3. The fourth-order valence-corrected chi connectivity index (χ4v) is 1.96. The van der Waals surface area contributed by atoms with E-state index in [0.717, 1.165) is 11.0 Å². The predicted octanol–water partition coefficient (Wildman–Crippen LogP) is 2.63. The molecular weight excluding hydrogens is 301 g/mol. The third-order valence-corrected chi connectivity index (χ3v) is 2.80. The molecule has 22 heavy (non-hydrogen) atoms. The van der Waals surface area contributed by atoms with E-state index >= 15 is 0 Å². The van der Waals surface area contributed by atoms with Gasteiger partial charge in [-0.15, -0.1) is 13.2 Å². The van der Waals surface area contributed by atoms with Crippen molar-refractivity contribution in [1.29, 1.82) is 5.41 Å². The number of anilines is 1. The van der Waals surface area contributed by atoms with Gasteiger partial charge in [-0.25, -0.2) is 9.69 Å². The van der Waals surface area contributed by atoms with Crippen molar-refractivity contribution in [2.45, 2.75) is 27.1 Å². The summed E-state index contributed by atoms with van der Waals surface area (Å²) in [5.41, 5.74) is 6.02. The third kappa shape index (κ3) is 4.03. The maximum Gasteiger partial charge on any atom is 0.573 e. The number of aryl methyl sites for hydroxylation is 1. The molecule has 0 heterocycles. The minimum atomic E-state index is -4.86. The summed E-state index contributed by atoms with van der Waals surface area (Å²) in [5.74, 6) is -1.06. The molecule has 0 aliphatic rings. The highest BCUT2D eigenvalue weighted by Crippen LogP contribution is 2.35. The number of urea groups is 1. The first-order valence-corrected chi connectivity index (χ1v) is 6.36. The molecule has 6 nitrogen and oxygen atoms in total. The lowest BCUT2D eigenvalue weighted by molar-refractivity contribution is -0.274. The number of nitrogens with one attached hydrogen (secondary N) is 2. The number of nitrogens with two attached hydrogens (primary N) is 1. The van der Waals surface area contributed by atoms with Crippen LogP contribution in [0.4, 0.5) is 23.7 Å². The Bertz CT molecular complexity index is 587. The fourth-order valence-electron chi connectivity index (χ4n) is 1.96. The summed E-state index contributed by atoms with van der Waals surface area (Å²) in [6.45, 7) is 4.89. The monoisotopic (exact) mass is 318 g/mol. The molecule has 0 radical (unpaired) electrons. The minimum Gasteiger partial charge on any atom is -0.405 e. The van der Waals surface area contributed by atoms with Gasteiger partial charge in [-0.1, -0.05) is 6.07 Å². The number of hydrogen-bond donors (Lipinski definition) is 3. The van der Waals surface area contributed by atoms with E-state index in [0.29, 0.717) is 5.56 Å². The lowest BCUT2D eigenvalue weighted by Crippen LogP contribution is -2.47. The molecule has 0 fully saturated rings. The molecule has 122 valence electrons. The van der Waals surface area contributed by atoms with E-state index in [2.05, 4.69) is 10.1 Å². The summed E-state index contributed by atoms with van der Waals surface area (Å²) >= 11 is 0. The van der Waals surface area contributed by atoms with Crippen LogP contribution in [0.25, 0.3) is 0 Å². The van der Waals surface area contributed by atoms with Gasteiger partial charge >= 0.3 is 12.4 Å². The highest BCUT2D eigenvalue weighted by Gasteiger charge is 2.33. The average Bonchev–Trinajstić information content (AvgIpc) is 2.36. The van der Waals surface area contributed by atoms with Gasteiger partial charge in [-0.2, -0.15) is 0 Å². The van der Waals surface area contributed by atoms with Crippen LogP contribution >= 0.6 is 0 Å². The molecule has 0 saturated carbocycles. The molecule has 0 atom stereocenters. The average molecular weight is 318 g/mol. The zero-order chi connectivity index (χ0) is 17.1.